The lowest BCUT2D eigenvalue weighted by Crippen LogP contribution is -2.31. The zero-order chi connectivity index (χ0) is 14.5. The van der Waals surface area contributed by atoms with Crippen LogP contribution in [0.15, 0.2) is 5.38 Å². The van der Waals surface area contributed by atoms with Crippen molar-refractivity contribution in [3.05, 3.63) is 11.1 Å². The van der Waals surface area contributed by atoms with Gasteiger partial charge in [0.15, 0.2) is 5.13 Å². The van der Waals surface area contributed by atoms with Crippen LogP contribution >= 0.6 is 11.3 Å². The predicted octanol–water partition coefficient (Wildman–Crippen LogP) is 1.27. The van der Waals surface area contributed by atoms with Crippen molar-refractivity contribution >= 4 is 28.3 Å². The number of nitrogens with two attached hydrogens (primary N) is 1. The number of esters is 1. The van der Waals surface area contributed by atoms with Gasteiger partial charge in [0.1, 0.15) is 5.41 Å². The van der Waals surface area contributed by atoms with Gasteiger partial charge in [0.05, 0.1) is 12.3 Å². The van der Waals surface area contributed by atoms with Gasteiger partial charge in [0, 0.05) is 18.3 Å². The predicted molar refractivity (Wildman–Crippen MR) is 74.1 cm³/mol. The number of nitrogens with one attached hydrogen (secondary N) is 1. The molecule has 0 aromatic carbocycles. The van der Waals surface area contributed by atoms with E-state index in [9.17, 15) is 9.59 Å². The molecule has 0 saturated heterocycles. The number of carbonyl (C=O) groups excluding carboxylic acids is 2. The number of hydrogen-bond donors (Lipinski definition) is 2. The van der Waals surface area contributed by atoms with Crippen LogP contribution in [0.4, 0.5) is 5.13 Å². The lowest BCUT2D eigenvalue weighted by Gasteiger charge is -2.19. The Morgan fingerprint density at radius 3 is 2.79 bits per heavy atom. The van der Waals surface area contributed by atoms with Crippen molar-refractivity contribution in [2.24, 2.45) is 5.73 Å². The van der Waals surface area contributed by atoms with Gasteiger partial charge in [-0.15, -0.1) is 11.3 Å². The molecule has 7 heteroatoms. The summed E-state index contributed by atoms with van der Waals surface area (Å²) in [6, 6.07) is 0. The van der Waals surface area contributed by atoms with Gasteiger partial charge in [-0.1, -0.05) is 0 Å². The van der Waals surface area contributed by atoms with Crippen molar-refractivity contribution in [1.82, 2.24) is 4.98 Å². The minimum atomic E-state index is -0.782. The average molecular weight is 285 g/mol. The highest BCUT2D eigenvalue weighted by Gasteiger charge is 2.33. The number of carbonyl (C=O) groups is 2. The van der Waals surface area contributed by atoms with Gasteiger partial charge in [0.25, 0.3) is 0 Å². The molecule has 0 spiro atoms. The standard InChI is InChI=1S/C12H19N3O3S/c1-4-18-10(17)12(2,3)8-7-19-11(15-8)14-6-5-9(13)16/h7H,4-6H2,1-3H3,(H2,13,16)(H,14,15). The fourth-order valence-corrected chi connectivity index (χ4v) is 2.26. The lowest BCUT2D eigenvalue weighted by atomic mass is 9.90. The maximum Gasteiger partial charge on any atom is 0.317 e. The quantitative estimate of drug-likeness (QED) is 0.736. The summed E-state index contributed by atoms with van der Waals surface area (Å²) in [5, 5.41) is 5.46. The summed E-state index contributed by atoms with van der Waals surface area (Å²) in [5.74, 6) is -0.667. The number of anilines is 1. The van der Waals surface area contributed by atoms with Crippen LogP contribution in [-0.4, -0.2) is 30.0 Å². The molecule has 0 saturated carbocycles. The van der Waals surface area contributed by atoms with E-state index in [0.29, 0.717) is 24.0 Å². The van der Waals surface area contributed by atoms with Crippen molar-refractivity contribution < 1.29 is 14.3 Å². The molecule has 0 bridgehead atoms. The van der Waals surface area contributed by atoms with Crippen molar-refractivity contribution in [2.45, 2.75) is 32.6 Å². The van der Waals surface area contributed by atoms with Crippen molar-refractivity contribution in [1.29, 1.82) is 0 Å². The van der Waals surface area contributed by atoms with Crippen LogP contribution in [0.2, 0.25) is 0 Å². The van der Waals surface area contributed by atoms with Crippen LogP contribution in [0.1, 0.15) is 32.9 Å². The van der Waals surface area contributed by atoms with Crippen molar-refractivity contribution in [3.8, 4) is 0 Å². The van der Waals surface area contributed by atoms with E-state index in [4.69, 9.17) is 10.5 Å². The fourth-order valence-electron chi connectivity index (χ4n) is 1.35. The third-order valence-corrected chi connectivity index (χ3v) is 3.38. The number of rotatable bonds is 7. The normalized spacial score (nSPS) is 11.1. The van der Waals surface area contributed by atoms with Gasteiger partial charge in [-0.25, -0.2) is 4.98 Å². The Hall–Kier alpha value is -1.63. The average Bonchev–Trinajstić information content (AvgIpc) is 2.78. The van der Waals surface area contributed by atoms with Crippen LogP contribution in [0.25, 0.3) is 0 Å². The molecule has 1 amide bonds. The molecule has 6 nitrogen and oxygen atoms in total. The summed E-state index contributed by atoms with van der Waals surface area (Å²) < 4.78 is 5.03. The highest BCUT2D eigenvalue weighted by atomic mass is 32.1. The molecule has 106 valence electrons. The number of aromatic nitrogens is 1. The van der Waals surface area contributed by atoms with Crippen LogP contribution in [-0.2, 0) is 19.7 Å². The number of hydrogen-bond acceptors (Lipinski definition) is 6. The van der Waals surface area contributed by atoms with E-state index < -0.39 is 5.41 Å². The Morgan fingerprint density at radius 1 is 1.53 bits per heavy atom. The Kier molecular flexibility index (Phi) is 5.29. The first-order valence-electron chi connectivity index (χ1n) is 6.03. The monoisotopic (exact) mass is 285 g/mol. The van der Waals surface area contributed by atoms with E-state index >= 15 is 0 Å². The van der Waals surface area contributed by atoms with E-state index in [2.05, 4.69) is 10.3 Å². The first-order chi connectivity index (χ1) is 8.87. The molecular formula is C12H19N3O3S. The van der Waals surface area contributed by atoms with Crippen molar-refractivity contribution in [2.75, 3.05) is 18.5 Å². The molecule has 0 unspecified atom stereocenters. The molecule has 3 N–H and O–H groups in total. The summed E-state index contributed by atoms with van der Waals surface area (Å²) in [4.78, 5) is 26.8. The maximum atomic E-state index is 11.8. The topological polar surface area (TPSA) is 94.3 Å². The minimum absolute atomic E-state index is 0.246. The molecule has 1 aromatic rings. The van der Waals surface area contributed by atoms with Crippen LogP contribution in [0.5, 0.6) is 0 Å². The SMILES string of the molecule is CCOC(=O)C(C)(C)c1csc(NCCC(N)=O)n1. The number of nitrogens with zero attached hydrogens (tertiary/aromatic N) is 1. The van der Waals surface area contributed by atoms with E-state index in [1.165, 1.54) is 11.3 Å². The molecular weight excluding hydrogens is 266 g/mol. The van der Waals surface area contributed by atoms with Crippen molar-refractivity contribution in [3.63, 3.8) is 0 Å². The highest BCUT2D eigenvalue weighted by Crippen LogP contribution is 2.28. The second-order valence-electron chi connectivity index (χ2n) is 4.53. The smallest absolute Gasteiger partial charge is 0.317 e. The largest absolute Gasteiger partial charge is 0.465 e. The summed E-state index contributed by atoms with van der Waals surface area (Å²) in [6.45, 7) is 6.09. The van der Waals surface area contributed by atoms with Crippen LogP contribution < -0.4 is 11.1 Å². The molecule has 0 fully saturated rings. The third kappa shape index (κ3) is 4.20. The molecule has 0 aliphatic rings. The summed E-state index contributed by atoms with van der Waals surface area (Å²) >= 11 is 1.38. The van der Waals surface area contributed by atoms with E-state index in [1.54, 1.807) is 20.8 Å². The number of primary amides is 1. The molecule has 0 radical (unpaired) electrons. The molecule has 19 heavy (non-hydrogen) atoms. The molecule has 1 heterocycles. The zero-order valence-corrected chi connectivity index (χ0v) is 12.2. The number of ether oxygens (including phenoxy) is 1. The number of thiazole rings is 1. The van der Waals surface area contributed by atoms with Gasteiger partial charge < -0.3 is 15.8 Å². The Balaban J connectivity index is 2.67. The Bertz CT molecular complexity index is 457. The second-order valence-corrected chi connectivity index (χ2v) is 5.38. The first kappa shape index (κ1) is 15.4. The third-order valence-electron chi connectivity index (χ3n) is 2.58. The molecule has 0 atom stereocenters. The number of amides is 1. The molecule has 1 rings (SSSR count). The minimum Gasteiger partial charge on any atom is -0.465 e. The van der Waals surface area contributed by atoms with Gasteiger partial charge in [-0.2, -0.15) is 0 Å². The Labute approximate surface area is 116 Å². The Morgan fingerprint density at radius 2 is 2.21 bits per heavy atom. The van der Waals surface area contributed by atoms with E-state index in [0.717, 1.165) is 0 Å². The lowest BCUT2D eigenvalue weighted by molar-refractivity contribution is -0.148. The molecule has 0 aliphatic carbocycles. The molecule has 1 aromatic heterocycles. The highest BCUT2D eigenvalue weighted by molar-refractivity contribution is 7.13. The van der Waals surface area contributed by atoms with E-state index in [1.807, 2.05) is 5.38 Å². The molecule has 0 aliphatic heterocycles. The summed E-state index contributed by atoms with van der Waals surface area (Å²) in [5.41, 5.74) is 4.92. The summed E-state index contributed by atoms with van der Waals surface area (Å²) in [6.07, 6.45) is 0.246. The second kappa shape index (κ2) is 6.51. The summed E-state index contributed by atoms with van der Waals surface area (Å²) in [7, 11) is 0. The van der Waals surface area contributed by atoms with Gasteiger partial charge in [0.2, 0.25) is 5.91 Å². The first-order valence-corrected chi connectivity index (χ1v) is 6.91. The van der Waals surface area contributed by atoms with E-state index in [-0.39, 0.29) is 18.3 Å². The van der Waals surface area contributed by atoms with Gasteiger partial charge >= 0.3 is 5.97 Å². The van der Waals surface area contributed by atoms with Crippen LogP contribution in [0, 0.1) is 0 Å². The maximum absolute atomic E-state index is 11.8. The van der Waals surface area contributed by atoms with Gasteiger partial charge in [-0.3, -0.25) is 9.59 Å². The van der Waals surface area contributed by atoms with Gasteiger partial charge in [-0.05, 0) is 20.8 Å². The zero-order valence-electron chi connectivity index (χ0n) is 11.4. The fraction of sp³-hybridized carbons (Fsp3) is 0.583. The van der Waals surface area contributed by atoms with Crippen LogP contribution in [0.3, 0.4) is 0 Å².